The van der Waals surface area contributed by atoms with Gasteiger partial charge in [-0.15, -0.1) is 0 Å². The summed E-state index contributed by atoms with van der Waals surface area (Å²) >= 11 is 0. The third kappa shape index (κ3) is 7.80. The Bertz CT molecular complexity index is 807. The maximum Gasteiger partial charge on any atom is 0.172 e. The molecule has 4 nitrogen and oxygen atoms in total. The molecule has 3 N–H and O–H groups in total. The molecule has 0 aliphatic heterocycles. The fourth-order valence-electron chi connectivity index (χ4n) is 3.03. The molecule has 1 aromatic carbocycles. The first-order valence-corrected chi connectivity index (χ1v) is 10.3. The van der Waals surface area contributed by atoms with E-state index in [1.54, 1.807) is 13.8 Å². The van der Waals surface area contributed by atoms with Crippen LogP contribution >= 0.6 is 0 Å². The maximum absolute atomic E-state index is 12.3. The minimum atomic E-state index is -0.392. The van der Waals surface area contributed by atoms with Gasteiger partial charge in [0.2, 0.25) is 0 Å². The lowest BCUT2D eigenvalue weighted by atomic mass is 9.94. The van der Waals surface area contributed by atoms with Crippen molar-refractivity contribution in [3.63, 3.8) is 0 Å². The van der Waals surface area contributed by atoms with Crippen LogP contribution in [0.5, 0.6) is 17.2 Å². The molecule has 160 valence electrons. The Morgan fingerprint density at radius 1 is 0.897 bits per heavy atom. The number of benzene rings is 1. The molecule has 0 aliphatic carbocycles. The summed E-state index contributed by atoms with van der Waals surface area (Å²) in [4.78, 5) is 12.3. The molecule has 29 heavy (non-hydrogen) atoms. The lowest BCUT2D eigenvalue weighted by Crippen LogP contribution is -2.09. The number of carbonyl (C=O) groups excluding carboxylic acids is 1. The number of carbonyl (C=O) groups is 1. The molecule has 0 bridgehead atoms. The van der Waals surface area contributed by atoms with E-state index in [1.807, 2.05) is 13.0 Å². The number of Topliss-reactive ketones (excluding diaryl/α,β-unsaturated/α-hetero) is 1. The zero-order chi connectivity index (χ0) is 22.1. The number of aromatic hydroxyl groups is 3. The molecule has 0 saturated heterocycles. The molecule has 0 aromatic heterocycles. The minimum absolute atomic E-state index is 0.117. The highest BCUT2D eigenvalue weighted by atomic mass is 16.3. The van der Waals surface area contributed by atoms with E-state index in [0.717, 1.165) is 37.3 Å². The van der Waals surface area contributed by atoms with E-state index in [-0.39, 0.29) is 34.3 Å². The van der Waals surface area contributed by atoms with Gasteiger partial charge in [0.25, 0.3) is 0 Å². The summed E-state index contributed by atoms with van der Waals surface area (Å²) in [7, 11) is 0. The molecule has 4 heteroatoms. The Morgan fingerprint density at radius 3 is 2.00 bits per heavy atom. The Morgan fingerprint density at radius 2 is 1.45 bits per heavy atom. The van der Waals surface area contributed by atoms with Crippen molar-refractivity contribution in [2.45, 2.75) is 73.6 Å². The first-order valence-electron chi connectivity index (χ1n) is 10.3. The zero-order valence-corrected chi connectivity index (χ0v) is 18.7. The van der Waals surface area contributed by atoms with E-state index in [2.05, 4.69) is 32.9 Å². The fraction of sp³-hybridized carbons (Fsp3) is 0.480. The van der Waals surface area contributed by atoms with E-state index in [4.69, 9.17) is 0 Å². The van der Waals surface area contributed by atoms with Gasteiger partial charge in [-0.3, -0.25) is 4.79 Å². The smallest absolute Gasteiger partial charge is 0.172 e. The van der Waals surface area contributed by atoms with Crippen molar-refractivity contribution < 1.29 is 20.1 Å². The van der Waals surface area contributed by atoms with Crippen molar-refractivity contribution in [1.29, 1.82) is 0 Å². The lowest BCUT2D eigenvalue weighted by Gasteiger charge is -2.14. The molecular formula is C25H36O4. The Balaban J connectivity index is 2.81. The van der Waals surface area contributed by atoms with Crippen LogP contribution in [0.3, 0.4) is 0 Å². The zero-order valence-electron chi connectivity index (χ0n) is 18.7. The van der Waals surface area contributed by atoms with Gasteiger partial charge >= 0.3 is 0 Å². The monoisotopic (exact) mass is 400 g/mol. The predicted octanol–water partition coefficient (Wildman–Crippen LogP) is 6.60. The normalized spacial score (nSPS) is 12.4. The van der Waals surface area contributed by atoms with Crippen molar-refractivity contribution in [3.8, 4) is 17.2 Å². The van der Waals surface area contributed by atoms with E-state index in [0.29, 0.717) is 6.42 Å². The van der Waals surface area contributed by atoms with E-state index < -0.39 is 5.75 Å². The van der Waals surface area contributed by atoms with Gasteiger partial charge in [0.15, 0.2) is 5.78 Å². The van der Waals surface area contributed by atoms with Crippen molar-refractivity contribution in [1.82, 2.24) is 0 Å². The summed E-state index contributed by atoms with van der Waals surface area (Å²) in [5.74, 6) is -1.65. The second kappa shape index (κ2) is 11.5. The van der Waals surface area contributed by atoms with Gasteiger partial charge in [0.1, 0.15) is 22.8 Å². The van der Waals surface area contributed by atoms with E-state index in [1.165, 1.54) is 11.1 Å². The third-order valence-electron chi connectivity index (χ3n) is 4.91. The first-order chi connectivity index (χ1) is 13.5. The van der Waals surface area contributed by atoms with Crippen LogP contribution in [0.15, 0.2) is 41.0 Å². The van der Waals surface area contributed by atoms with Gasteiger partial charge in [0, 0.05) is 17.5 Å². The van der Waals surface area contributed by atoms with E-state index >= 15 is 0 Å². The van der Waals surface area contributed by atoms with Crippen LogP contribution in [0.25, 0.3) is 0 Å². The van der Waals surface area contributed by atoms with Crippen LogP contribution in [0.4, 0.5) is 0 Å². The highest BCUT2D eigenvalue weighted by Crippen LogP contribution is 2.39. The van der Waals surface area contributed by atoms with Gasteiger partial charge in [-0.1, -0.05) is 48.8 Å². The number of allylic oxidation sites excluding steroid dienone is 6. The Kier molecular flexibility index (Phi) is 9.73. The van der Waals surface area contributed by atoms with E-state index in [9.17, 15) is 20.1 Å². The number of ketones is 1. The van der Waals surface area contributed by atoms with Crippen LogP contribution < -0.4 is 0 Å². The van der Waals surface area contributed by atoms with Crippen LogP contribution in [0, 0.1) is 5.92 Å². The predicted molar refractivity (Wildman–Crippen MR) is 120 cm³/mol. The van der Waals surface area contributed by atoms with Crippen LogP contribution in [0.2, 0.25) is 0 Å². The third-order valence-corrected chi connectivity index (χ3v) is 4.91. The van der Waals surface area contributed by atoms with Crippen LogP contribution in [-0.2, 0) is 6.42 Å². The topological polar surface area (TPSA) is 77.8 Å². The summed E-state index contributed by atoms with van der Waals surface area (Å²) in [6.07, 6.45) is 10.7. The second-order valence-electron chi connectivity index (χ2n) is 8.30. The molecule has 0 amide bonds. The Hall–Kier alpha value is -2.49. The lowest BCUT2D eigenvalue weighted by molar-refractivity contribution is 0.0933. The van der Waals surface area contributed by atoms with Gasteiger partial charge in [-0.05, 0) is 59.8 Å². The second-order valence-corrected chi connectivity index (χ2v) is 8.30. The minimum Gasteiger partial charge on any atom is -0.507 e. The average Bonchev–Trinajstić information content (AvgIpc) is 2.60. The number of hydrogen-bond acceptors (Lipinski definition) is 4. The first kappa shape index (κ1) is 24.5. The molecule has 1 rings (SSSR count). The van der Waals surface area contributed by atoms with Crippen molar-refractivity contribution in [2.75, 3.05) is 0 Å². The molecule has 0 fully saturated rings. The summed E-state index contributed by atoms with van der Waals surface area (Å²) in [5.41, 5.74) is 4.01. The molecular weight excluding hydrogens is 364 g/mol. The summed E-state index contributed by atoms with van der Waals surface area (Å²) in [6.45, 7) is 11.8. The highest BCUT2D eigenvalue weighted by molar-refractivity contribution is 6.03. The number of hydrogen-bond donors (Lipinski definition) is 3. The molecule has 0 radical (unpaired) electrons. The van der Waals surface area contributed by atoms with Crippen LogP contribution in [0.1, 0.15) is 83.1 Å². The Labute approximate surface area is 175 Å². The quantitative estimate of drug-likeness (QED) is 0.305. The number of phenols is 3. The van der Waals surface area contributed by atoms with Gasteiger partial charge < -0.3 is 15.3 Å². The maximum atomic E-state index is 12.3. The average molecular weight is 401 g/mol. The molecule has 0 heterocycles. The van der Waals surface area contributed by atoms with Crippen LogP contribution in [-0.4, -0.2) is 21.1 Å². The van der Waals surface area contributed by atoms with Crippen molar-refractivity contribution in [2.24, 2.45) is 5.92 Å². The molecule has 1 aromatic rings. The fourth-order valence-corrected chi connectivity index (χ4v) is 3.03. The van der Waals surface area contributed by atoms with Gasteiger partial charge in [-0.2, -0.15) is 0 Å². The van der Waals surface area contributed by atoms with Crippen molar-refractivity contribution in [3.05, 3.63) is 52.1 Å². The van der Waals surface area contributed by atoms with Gasteiger partial charge in [0.05, 0.1) is 0 Å². The standard InChI is InChI=1S/C25H36O4/c1-16(2)9-7-10-18(5)11-8-12-19(6)13-14-20-21(26)15-22(27)23(25(20)29)24(28)17(3)4/h9,11,13,15,17,26-27,29H,7-8,10,12,14H2,1-6H3/b18-11+,19-13+. The largest absolute Gasteiger partial charge is 0.507 e. The molecule has 0 aliphatic rings. The SMILES string of the molecule is CC(C)=CCC/C(C)=C/CC/C(C)=C/Cc1c(O)cc(O)c(C(=O)C(C)C)c1O. The summed E-state index contributed by atoms with van der Waals surface area (Å²) in [5, 5.41) is 30.6. The molecule has 0 saturated carbocycles. The molecule has 0 spiro atoms. The van der Waals surface area contributed by atoms with Crippen molar-refractivity contribution >= 4 is 5.78 Å². The highest BCUT2D eigenvalue weighted by Gasteiger charge is 2.23. The molecule has 0 unspecified atom stereocenters. The number of rotatable bonds is 10. The number of phenolic OH excluding ortho intramolecular Hbond substituents is 3. The molecule has 0 atom stereocenters. The van der Waals surface area contributed by atoms with Gasteiger partial charge in [-0.25, -0.2) is 0 Å². The summed E-state index contributed by atoms with van der Waals surface area (Å²) in [6, 6.07) is 1.13. The summed E-state index contributed by atoms with van der Waals surface area (Å²) < 4.78 is 0.